The molecule has 2 atom stereocenters. The Morgan fingerprint density at radius 2 is 1.89 bits per heavy atom. The molecule has 8 heteroatoms. The van der Waals surface area contributed by atoms with Gasteiger partial charge in [-0.25, -0.2) is 4.79 Å². The van der Waals surface area contributed by atoms with E-state index in [0.717, 1.165) is 17.7 Å². The molecule has 1 heterocycles. The maximum absolute atomic E-state index is 12.7. The first-order valence-corrected chi connectivity index (χ1v) is 9.66. The van der Waals surface area contributed by atoms with Gasteiger partial charge < -0.3 is 24.6 Å². The molecule has 1 aromatic rings. The lowest BCUT2D eigenvalue weighted by atomic mass is 10.0. The van der Waals surface area contributed by atoms with Gasteiger partial charge in [-0.05, 0) is 50.5 Å². The third-order valence-corrected chi connectivity index (χ3v) is 4.67. The molecular weight excluding hydrogens is 362 g/mol. The molecule has 2 rings (SSSR count). The van der Waals surface area contributed by atoms with Crippen LogP contribution in [0.15, 0.2) is 24.3 Å². The first-order chi connectivity index (χ1) is 13.4. The number of benzene rings is 1. The molecule has 0 spiro atoms. The standard InChI is InChI=1S/C20H29N3O5/c1-4-28-20(26)17-7-5-6-12-23(17)19(25)14-22(2)13-18(24)21-15-8-10-16(27-3)11-9-15/h8-11,17H,4-7,12-14H2,1-3H3,(H,21,24)/p+1/t17-/m0/s1. The monoisotopic (exact) mass is 392 g/mol. The Morgan fingerprint density at radius 1 is 1.18 bits per heavy atom. The lowest BCUT2D eigenvalue weighted by Gasteiger charge is -2.34. The number of rotatable bonds is 8. The Morgan fingerprint density at radius 3 is 2.54 bits per heavy atom. The Kier molecular flexibility index (Phi) is 8.25. The van der Waals surface area contributed by atoms with Crippen LogP contribution in [0.25, 0.3) is 0 Å². The normalized spacial score (nSPS) is 17.5. The highest BCUT2D eigenvalue weighted by Crippen LogP contribution is 2.18. The van der Waals surface area contributed by atoms with Crippen molar-refractivity contribution >= 4 is 23.5 Å². The maximum Gasteiger partial charge on any atom is 0.328 e. The zero-order valence-electron chi connectivity index (χ0n) is 16.8. The van der Waals surface area contributed by atoms with Gasteiger partial charge in [-0.1, -0.05) is 0 Å². The number of carbonyl (C=O) groups is 3. The highest BCUT2D eigenvalue weighted by molar-refractivity contribution is 5.91. The van der Waals surface area contributed by atoms with E-state index in [2.05, 4.69) is 5.32 Å². The number of nitrogens with one attached hydrogen (secondary N) is 2. The highest BCUT2D eigenvalue weighted by Gasteiger charge is 2.34. The molecule has 2 N–H and O–H groups in total. The van der Waals surface area contributed by atoms with Gasteiger partial charge in [-0.2, -0.15) is 0 Å². The molecule has 0 aliphatic carbocycles. The van der Waals surface area contributed by atoms with Gasteiger partial charge in [0, 0.05) is 12.2 Å². The van der Waals surface area contributed by atoms with E-state index in [-0.39, 0.29) is 30.9 Å². The Hall–Kier alpha value is -2.61. The van der Waals surface area contributed by atoms with E-state index in [1.165, 1.54) is 0 Å². The number of hydrogen-bond donors (Lipinski definition) is 2. The number of likely N-dealkylation sites (N-methyl/N-ethyl adjacent to an activating group) is 1. The third kappa shape index (κ3) is 6.23. The van der Waals surface area contributed by atoms with Crippen molar-refractivity contribution in [2.75, 3.05) is 45.7 Å². The lowest BCUT2D eigenvalue weighted by Crippen LogP contribution is -3.11. The summed E-state index contributed by atoms with van der Waals surface area (Å²) in [6, 6.07) is 6.54. The van der Waals surface area contributed by atoms with E-state index in [1.807, 2.05) is 0 Å². The molecule has 1 fully saturated rings. The Balaban J connectivity index is 1.86. The van der Waals surface area contributed by atoms with Crippen molar-refractivity contribution in [3.05, 3.63) is 24.3 Å². The Labute approximate surface area is 165 Å². The number of hydrogen-bond acceptors (Lipinski definition) is 5. The van der Waals surface area contributed by atoms with E-state index < -0.39 is 6.04 Å². The molecule has 1 aromatic carbocycles. The second-order valence-electron chi connectivity index (χ2n) is 6.94. The fourth-order valence-corrected chi connectivity index (χ4v) is 3.29. The number of anilines is 1. The lowest BCUT2D eigenvalue weighted by molar-refractivity contribution is -0.862. The van der Waals surface area contributed by atoms with Gasteiger partial charge in [0.2, 0.25) is 0 Å². The minimum absolute atomic E-state index is 0.132. The van der Waals surface area contributed by atoms with E-state index in [1.54, 1.807) is 50.2 Å². The van der Waals surface area contributed by atoms with E-state index in [9.17, 15) is 14.4 Å². The molecular formula is C20H30N3O5+. The highest BCUT2D eigenvalue weighted by atomic mass is 16.5. The molecule has 8 nitrogen and oxygen atoms in total. The molecule has 1 unspecified atom stereocenters. The summed E-state index contributed by atoms with van der Waals surface area (Å²) < 4.78 is 10.2. The van der Waals surface area contributed by atoms with Crippen molar-refractivity contribution in [2.45, 2.75) is 32.2 Å². The van der Waals surface area contributed by atoms with Crippen molar-refractivity contribution in [1.82, 2.24) is 4.90 Å². The van der Waals surface area contributed by atoms with Gasteiger partial charge in [-0.3, -0.25) is 9.59 Å². The van der Waals surface area contributed by atoms with Gasteiger partial charge in [0.05, 0.1) is 20.8 Å². The van der Waals surface area contributed by atoms with Crippen LogP contribution in [-0.2, 0) is 19.1 Å². The Bertz CT molecular complexity index is 677. The summed E-state index contributed by atoms with van der Waals surface area (Å²) in [6.07, 6.45) is 2.40. The topological polar surface area (TPSA) is 89.4 Å². The number of piperidine rings is 1. The van der Waals surface area contributed by atoms with Crippen LogP contribution in [0.2, 0.25) is 0 Å². The molecule has 1 aliphatic heterocycles. The molecule has 2 amide bonds. The average Bonchev–Trinajstić information content (AvgIpc) is 2.68. The molecule has 0 bridgehead atoms. The number of carbonyl (C=O) groups excluding carboxylic acids is 3. The van der Waals surface area contributed by atoms with Crippen LogP contribution in [0, 0.1) is 0 Å². The van der Waals surface area contributed by atoms with Crippen LogP contribution < -0.4 is 15.0 Å². The zero-order chi connectivity index (χ0) is 20.5. The van der Waals surface area contributed by atoms with E-state index in [4.69, 9.17) is 9.47 Å². The summed E-state index contributed by atoms with van der Waals surface area (Å²) in [7, 11) is 3.37. The van der Waals surface area contributed by atoms with Crippen LogP contribution in [0.4, 0.5) is 5.69 Å². The molecule has 0 saturated carbocycles. The van der Waals surface area contributed by atoms with Crippen molar-refractivity contribution in [2.24, 2.45) is 0 Å². The smallest absolute Gasteiger partial charge is 0.328 e. The van der Waals surface area contributed by atoms with Crippen LogP contribution in [0.5, 0.6) is 5.75 Å². The van der Waals surface area contributed by atoms with E-state index in [0.29, 0.717) is 31.0 Å². The molecule has 154 valence electrons. The van der Waals surface area contributed by atoms with Gasteiger partial charge in [0.1, 0.15) is 11.8 Å². The van der Waals surface area contributed by atoms with Gasteiger partial charge in [0.15, 0.2) is 13.1 Å². The second-order valence-corrected chi connectivity index (χ2v) is 6.94. The summed E-state index contributed by atoms with van der Waals surface area (Å²) in [5.74, 6) is 0.0537. The summed E-state index contributed by atoms with van der Waals surface area (Å²) in [4.78, 5) is 39.4. The van der Waals surface area contributed by atoms with Crippen molar-refractivity contribution in [3.8, 4) is 5.75 Å². The quantitative estimate of drug-likeness (QED) is 0.612. The number of quaternary nitrogens is 1. The predicted octanol–water partition coefficient (Wildman–Crippen LogP) is 0.0926. The number of esters is 1. The zero-order valence-corrected chi connectivity index (χ0v) is 16.8. The molecule has 1 aliphatic rings. The number of amides is 2. The third-order valence-electron chi connectivity index (χ3n) is 4.67. The van der Waals surface area contributed by atoms with Crippen LogP contribution in [0.3, 0.4) is 0 Å². The van der Waals surface area contributed by atoms with Crippen LogP contribution in [0.1, 0.15) is 26.2 Å². The number of likely N-dealkylation sites (tertiary alicyclic amines) is 1. The number of ether oxygens (including phenoxy) is 2. The summed E-state index contributed by atoms with van der Waals surface area (Å²) in [5.41, 5.74) is 0.670. The first-order valence-electron chi connectivity index (χ1n) is 9.66. The molecule has 0 radical (unpaired) electrons. The minimum atomic E-state index is -0.512. The number of nitrogens with zero attached hydrogens (tertiary/aromatic N) is 1. The summed E-state index contributed by atoms with van der Waals surface area (Å²) in [6.45, 7) is 2.90. The minimum Gasteiger partial charge on any atom is -0.497 e. The number of methoxy groups -OCH3 is 1. The van der Waals surface area contributed by atoms with Crippen molar-refractivity contribution in [3.63, 3.8) is 0 Å². The summed E-state index contributed by atoms with van der Waals surface area (Å²) in [5, 5.41) is 2.81. The maximum atomic E-state index is 12.7. The van der Waals surface area contributed by atoms with Crippen LogP contribution >= 0.6 is 0 Å². The van der Waals surface area contributed by atoms with Crippen molar-refractivity contribution in [1.29, 1.82) is 0 Å². The van der Waals surface area contributed by atoms with Gasteiger partial charge in [0.25, 0.3) is 11.8 Å². The van der Waals surface area contributed by atoms with Crippen LogP contribution in [-0.4, -0.2) is 69.1 Å². The van der Waals surface area contributed by atoms with Crippen molar-refractivity contribution < 1.29 is 28.8 Å². The SMILES string of the molecule is CCOC(=O)[C@@H]1CCCCN1C(=O)C[NH+](C)CC(=O)Nc1ccc(OC)cc1. The molecule has 1 saturated heterocycles. The van der Waals surface area contributed by atoms with Gasteiger partial charge >= 0.3 is 5.97 Å². The fraction of sp³-hybridized carbons (Fsp3) is 0.550. The summed E-state index contributed by atoms with van der Waals surface area (Å²) >= 11 is 0. The van der Waals surface area contributed by atoms with E-state index >= 15 is 0 Å². The first kappa shape index (κ1) is 21.7. The second kappa shape index (κ2) is 10.7. The van der Waals surface area contributed by atoms with Gasteiger partial charge in [-0.15, -0.1) is 0 Å². The average molecular weight is 392 g/mol. The largest absolute Gasteiger partial charge is 0.497 e. The molecule has 0 aromatic heterocycles. The predicted molar refractivity (Wildman–Crippen MR) is 104 cm³/mol. The molecule has 28 heavy (non-hydrogen) atoms. The fourth-order valence-electron chi connectivity index (χ4n) is 3.29.